The Balaban J connectivity index is 2.20. The van der Waals surface area contributed by atoms with Crippen LogP contribution in [0, 0.1) is 5.92 Å². The average Bonchev–Trinajstić information content (AvgIpc) is 2.60. The van der Waals surface area contributed by atoms with E-state index in [1.807, 2.05) is 0 Å². The van der Waals surface area contributed by atoms with Gasteiger partial charge in [-0.1, -0.05) is 37.3 Å². The third-order valence-electron chi connectivity index (χ3n) is 3.38. The van der Waals surface area contributed by atoms with Crippen LogP contribution in [-0.4, -0.2) is 10.8 Å². The van der Waals surface area contributed by atoms with Crippen molar-refractivity contribution in [3.05, 3.63) is 22.8 Å². The first-order valence-corrected chi connectivity index (χ1v) is 6.51. The van der Waals surface area contributed by atoms with Gasteiger partial charge in [-0.2, -0.15) is 0 Å². The normalized spacial score (nSPS) is 17.7. The number of halogens is 1. The molecule has 2 rings (SSSR count). The van der Waals surface area contributed by atoms with Crippen molar-refractivity contribution in [3.63, 3.8) is 0 Å². The standard InChI is InChI=1S/C13H17ClN2O/c14-10-7-11(13(15)16-8-10)12(17)9-5-3-1-2-4-6-9/h7-9H,1-6H2,(H2,15,16). The molecule has 0 saturated heterocycles. The topological polar surface area (TPSA) is 56.0 Å². The van der Waals surface area contributed by atoms with E-state index in [9.17, 15) is 4.79 Å². The number of hydrogen-bond acceptors (Lipinski definition) is 3. The van der Waals surface area contributed by atoms with Gasteiger partial charge in [-0.05, 0) is 18.9 Å². The lowest BCUT2D eigenvalue weighted by Gasteiger charge is -2.13. The maximum absolute atomic E-state index is 12.3. The second-order valence-corrected chi connectivity index (χ2v) is 5.08. The van der Waals surface area contributed by atoms with Gasteiger partial charge >= 0.3 is 0 Å². The molecule has 0 bridgehead atoms. The Kier molecular flexibility index (Phi) is 4.00. The highest BCUT2D eigenvalue weighted by Crippen LogP contribution is 2.28. The molecule has 3 nitrogen and oxygen atoms in total. The summed E-state index contributed by atoms with van der Waals surface area (Å²) in [5.74, 6) is 0.503. The molecule has 1 fully saturated rings. The van der Waals surface area contributed by atoms with E-state index in [4.69, 9.17) is 17.3 Å². The summed E-state index contributed by atoms with van der Waals surface area (Å²) in [6.45, 7) is 0. The number of pyridine rings is 1. The van der Waals surface area contributed by atoms with Crippen LogP contribution in [0.25, 0.3) is 0 Å². The van der Waals surface area contributed by atoms with Crippen LogP contribution < -0.4 is 5.73 Å². The predicted octanol–water partition coefficient (Wildman–Crippen LogP) is 3.47. The van der Waals surface area contributed by atoms with Crippen molar-refractivity contribution in [2.75, 3.05) is 5.73 Å². The van der Waals surface area contributed by atoms with E-state index < -0.39 is 0 Å². The summed E-state index contributed by atoms with van der Waals surface area (Å²) in [5, 5.41) is 0.469. The van der Waals surface area contributed by atoms with Crippen LogP contribution in [0.3, 0.4) is 0 Å². The van der Waals surface area contributed by atoms with Crippen molar-refractivity contribution in [1.82, 2.24) is 4.98 Å². The third kappa shape index (κ3) is 2.97. The Morgan fingerprint density at radius 1 is 1.29 bits per heavy atom. The number of ketones is 1. The van der Waals surface area contributed by atoms with Crippen molar-refractivity contribution >= 4 is 23.2 Å². The van der Waals surface area contributed by atoms with Gasteiger partial charge in [-0.3, -0.25) is 4.79 Å². The maximum atomic E-state index is 12.3. The second-order valence-electron chi connectivity index (χ2n) is 4.64. The number of nitrogens with two attached hydrogens (primary N) is 1. The van der Waals surface area contributed by atoms with Crippen LogP contribution in [0.4, 0.5) is 5.82 Å². The minimum absolute atomic E-state index is 0.0973. The zero-order chi connectivity index (χ0) is 12.3. The fourth-order valence-corrected chi connectivity index (χ4v) is 2.57. The number of nitrogens with zero attached hydrogens (tertiary/aromatic N) is 1. The minimum Gasteiger partial charge on any atom is -0.383 e. The van der Waals surface area contributed by atoms with Gasteiger partial charge in [0.05, 0.1) is 10.6 Å². The summed E-state index contributed by atoms with van der Waals surface area (Å²) in [6.07, 6.45) is 8.12. The van der Waals surface area contributed by atoms with E-state index in [-0.39, 0.29) is 11.7 Å². The van der Waals surface area contributed by atoms with Crippen molar-refractivity contribution in [3.8, 4) is 0 Å². The van der Waals surface area contributed by atoms with Gasteiger partial charge in [0, 0.05) is 12.1 Å². The van der Waals surface area contributed by atoms with Crippen molar-refractivity contribution in [2.24, 2.45) is 5.92 Å². The van der Waals surface area contributed by atoms with E-state index in [0.29, 0.717) is 16.4 Å². The summed E-state index contributed by atoms with van der Waals surface area (Å²) in [5.41, 5.74) is 6.24. The highest BCUT2D eigenvalue weighted by atomic mass is 35.5. The van der Waals surface area contributed by atoms with Gasteiger partial charge in [0.2, 0.25) is 0 Å². The van der Waals surface area contributed by atoms with Gasteiger partial charge in [-0.25, -0.2) is 4.98 Å². The third-order valence-corrected chi connectivity index (χ3v) is 3.58. The molecule has 0 amide bonds. The van der Waals surface area contributed by atoms with Crippen LogP contribution in [0.2, 0.25) is 5.02 Å². The molecule has 0 radical (unpaired) electrons. The molecule has 1 saturated carbocycles. The molecule has 17 heavy (non-hydrogen) atoms. The molecule has 0 aromatic carbocycles. The Bertz CT molecular complexity index is 412. The number of aromatic nitrogens is 1. The molecule has 2 N–H and O–H groups in total. The van der Waals surface area contributed by atoms with Crippen LogP contribution in [-0.2, 0) is 0 Å². The van der Waals surface area contributed by atoms with Gasteiger partial charge in [-0.15, -0.1) is 0 Å². The van der Waals surface area contributed by atoms with E-state index in [1.165, 1.54) is 19.0 Å². The molecule has 92 valence electrons. The number of hydrogen-bond donors (Lipinski definition) is 1. The molecule has 1 heterocycles. The maximum Gasteiger partial charge on any atom is 0.169 e. The van der Waals surface area contributed by atoms with Gasteiger partial charge in [0.25, 0.3) is 0 Å². The van der Waals surface area contributed by atoms with Crippen LogP contribution in [0.1, 0.15) is 48.9 Å². The Hall–Kier alpha value is -1.09. The lowest BCUT2D eigenvalue weighted by molar-refractivity contribution is 0.0908. The molecule has 0 unspecified atom stereocenters. The molecule has 4 heteroatoms. The first-order chi connectivity index (χ1) is 8.18. The summed E-state index contributed by atoms with van der Waals surface area (Å²) >= 11 is 5.86. The van der Waals surface area contributed by atoms with Crippen molar-refractivity contribution in [1.29, 1.82) is 0 Å². The summed E-state index contributed by atoms with van der Waals surface area (Å²) in [7, 11) is 0. The van der Waals surface area contributed by atoms with Crippen LogP contribution >= 0.6 is 11.6 Å². The first kappa shape index (κ1) is 12.4. The predicted molar refractivity (Wildman–Crippen MR) is 69.2 cm³/mol. The summed E-state index contributed by atoms with van der Waals surface area (Å²) < 4.78 is 0. The molecular weight excluding hydrogens is 236 g/mol. The largest absolute Gasteiger partial charge is 0.383 e. The quantitative estimate of drug-likeness (QED) is 0.648. The highest BCUT2D eigenvalue weighted by Gasteiger charge is 2.23. The van der Waals surface area contributed by atoms with E-state index >= 15 is 0 Å². The number of Topliss-reactive ketones (excluding diaryl/α,β-unsaturated/α-hetero) is 1. The van der Waals surface area contributed by atoms with Crippen molar-refractivity contribution < 1.29 is 4.79 Å². The molecule has 0 aliphatic heterocycles. The highest BCUT2D eigenvalue weighted by molar-refractivity contribution is 6.31. The molecule has 0 atom stereocenters. The number of carbonyl (C=O) groups excluding carboxylic acids is 1. The molecule has 1 aliphatic rings. The average molecular weight is 253 g/mol. The van der Waals surface area contributed by atoms with Crippen molar-refractivity contribution in [2.45, 2.75) is 38.5 Å². The summed E-state index contributed by atoms with van der Waals surface area (Å²) in [6, 6.07) is 1.64. The van der Waals surface area contributed by atoms with E-state index in [0.717, 1.165) is 25.7 Å². The molecule has 1 aromatic heterocycles. The Labute approximate surface area is 106 Å². The monoisotopic (exact) mass is 252 g/mol. The van der Waals surface area contributed by atoms with Crippen LogP contribution in [0.5, 0.6) is 0 Å². The second kappa shape index (κ2) is 5.50. The number of rotatable bonds is 2. The Morgan fingerprint density at radius 3 is 2.59 bits per heavy atom. The van der Waals surface area contributed by atoms with Gasteiger partial charge in [0.15, 0.2) is 5.78 Å². The zero-order valence-electron chi connectivity index (χ0n) is 9.79. The number of nitrogen functional groups attached to an aromatic ring is 1. The van der Waals surface area contributed by atoms with E-state index in [1.54, 1.807) is 6.07 Å². The van der Waals surface area contributed by atoms with Gasteiger partial charge in [0.1, 0.15) is 5.82 Å². The molecule has 1 aliphatic carbocycles. The number of anilines is 1. The SMILES string of the molecule is Nc1ncc(Cl)cc1C(=O)C1CCCCCC1. The summed E-state index contributed by atoms with van der Waals surface area (Å²) in [4.78, 5) is 16.3. The molecule has 0 spiro atoms. The lowest BCUT2D eigenvalue weighted by Crippen LogP contribution is -2.16. The molecule has 1 aromatic rings. The fourth-order valence-electron chi connectivity index (χ4n) is 2.41. The molecular formula is C13H17ClN2O. The van der Waals surface area contributed by atoms with E-state index in [2.05, 4.69) is 4.98 Å². The lowest BCUT2D eigenvalue weighted by atomic mass is 9.91. The smallest absolute Gasteiger partial charge is 0.169 e. The zero-order valence-corrected chi connectivity index (χ0v) is 10.5. The van der Waals surface area contributed by atoms with Crippen LogP contribution in [0.15, 0.2) is 12.3 Å². The number of carbonyl (C=O) groups is 1. The minimum atomic E-state index is 0.0973. The Morgan fingerprint density at radius 2 is 1.94 bits per heavy atom. The fraction of sp³-hybridized carbons (Fsp3) is 0.538. The first-order valence-electron chi connectivity index (χ1n) is 6.13. The van der Waals surface area contributed by atoms with Gasteiger partial charge < -0.3 is 5.73 Å².